The quantitative estimate of drug-likeness (QED) is 0.856. The molecule has 2 aliphatic rings. The summed E-state index contributed by atoms with van der Waals surface area (Å²) in [6.45, 7) is 2.60. The van der Waals surface area contributed by atoms with E-state index in [0.717, 1.165) is 37.3 Å². The number of benzene rings is 2. The molecule has 2 heterocycles. The summed E-state index contributed by atoms with van der Waals surface area (Å²) >= 11 is 0. The third-order valence-corrected chi connectivity index (χ3v) is 5.25. The molecule has 1 atom stereocenters. The molecule has 1 saturated heterocycles. The molecule has 6 nitrogen and oxygen atoms in total. The van der Waals surface area contributed by atoms with Crippen molar-refractivity contribution in [1.29, 1.82) is 0 Å². The maximum absolute atomic E-state index is 12.6. The predicted molar refractivity (Wildman–Crippen MR) is 107 cm³/mol. The molecule has 148 valence electrons. The van der Waals surface area contributed by atoms with Crippen molar-refractivity contribution in [2.75, 3.05) is 38.7 Å². The molecule has 2 aliphatic heterocycles. The number of nitrogens with one attached hydrogen (secondary N) is 1. The standard InChI is InChI=1S/C22H26N2O4/c1-26-19-8-3-2-6-17(19)23-22(25)15-24-11-4-7-18(24)16-9-10-20-21(14-16)28-13-5-12-27-20/h2-3,6,8-10,14,18H,4-5,7,11-13,15H2,1H3,(H,23,25). The van der Waals surface area contributed by atoms with Crippen LogP contribution in [0.1, 0.15) is 30.9 Å². The van der Waals surface area contributed by atoms with Crippen LogP contribution >= 0.6 is 0 Å². The Morgan fingerprint density at radius 1 is 1.14 bits per heavy atom. The molecule has 0 spiro atoms. The number of methoxy groups -OCH3 is 1. The van der Waals surface area contributed by atoms with Crippen molar-refractivity contribution in [1.82, 2.24) is 4.90 Å². The number of anilines is 1. The lowest BCUT2D eigenvalue weighted by atomic mass is 10.0. The van der Waals surface area contributed by atoms with Crippen LogP contribution in [0.4, 0.5) is 5.69 Å². The molecule has 4 rings (SSSR count). The van der Waals surface area contributed by atoms with Crippen LogP contribution in [0.3, 0.4) is 0 Å². The Morgan fingerprint density at radius 3 is 2.82 bits per heavy atom. The Balaban J connectivity index is 1.45. The second kappa shape index (κ2) is 8.52. The van der Waals surface area contributed by atoms with Gasteiger partial charge in [-0.2, -0.15) is 0 Å². The van der Waals surface area contributed by atoms with E-state index >= 15 is 0 Å². The van der Waals surface area contributed by atoms with Crippen molar-refractivity contribution in [3.8, 4) is 17.2 Å². The van der Waals surface area contributed by atoms with E-state index in [1.54, 1.807) is 7.11 Å². The van der Waals surface area contributed by atoms with Gasteiger partial charge in [0.1, 0.15) is 5.75 Å². The smallest absolute Gasteiger partial charge is 0.238 e. The molecule has 0 aliphatic carbocycles. The number of nitrogens with zero attached hydrogens (tertiary/aromatic N) is 1. The number of rotatable bonds is 5. The largest absolute Gasteiger partial charge is 0.495 e. The summed E-state index contributed by atoms with van der Waals surface area (Å²) in [6, 6.07) is 13.8. The minimum absolute atomic E-state index is 0.0363. The second-order valence-electron chi connectivity index (χ2n) is 7.13. The lowest BCUT2D eigenvalue weighted by Gasteiger charge is -2.25. The van der Waals surface area contributed by atoms with Gasteiger partial charge >= 0.3 is 0 Å². The number of amides is 1. The van der Waals surface area contributed by atoms with Crippen LogP contribution in [0.5, 0.6) is 17.2 Å². The molecular weight excluding hydrogens is 356 g/mol. The Hall–Kier alpha value is -2.73. The first-order valence-corrected chi connectivity index (χ1v) is 9.81. The van der Waals surface area contributed by atoms with Crippen LogP contribution in [0, 0.1) is 0 Å². The van der Waals surface area contributed by atoms with Crippen LogP contribution in [-0.2, 0) is 4.79 Å². The van der Waals surface area contributed by atoms with Crippen LogP contribution in [0.15, 0.2) is 42.5 Å². The normalized spacial score (nSPS) is 19.1. The van der Waals surface area contributed by atoms with Gasteiger partial charge in [0.05, 0.1) is 32.6 Å². The highest BCUT2D eigenvalue weighted by atomic mass is 16.5. The van der Waals surface area contributed by atoms with Gasteiger partial charge in [0.15, 0.2) is 11.5 Å². The van der Waals surface area contributed by atoms with E-state index in [2.05, 4.69) is 22.3 Å². The maximum Gasteiger partial charge on any atom is 0.238 e. The molecule has 2 aromatic carbocycles. The third-order valence-electron chi connectivity index (χ3n) is 5.25. The van der Waals surface area contributed by atoms with Gasteiger partial charge in [0.2, 0.25) is 5.91 Å². The van der Waals surface area contributed by atoms with E-state index < -0.39 is 0 Å². The van der Waals surface area contributed by atoms with Gasteiger partial charge in [-0.15, -0.1) is 0 Å². The fourth-order valence-electron chi connectivity index (χ4n) is 3.90. The SMILES string of the molecule is COc1ccccc1NC(=O)CN1CCCC1c1ccc2c(c1)OCCCO2. The van der Waals surface area contributed by atoms with E-state index in [-0.39, 0.29) is 11.9 Å². The monoisotopic (exact) mass is 382 g/mol. The average molecular weight is 382 g/mol. The molecular formula is C22H26N2O4. The van der Waals surface area contributed by atoms with Gasteiger partial charge in [0.25, 0.3) is 0 Å². The molecule has 2 aromatic rings. The zero-order chi connectivity index (χ0) is 19.3. The Morgan fingerprint density at radius 2 is 1.96 bits per heavy atom. The van der Waals surface area contributed by atoms with Crippen LogP contribution in [-0.4, -0.2) is 44.2 Å². The lowest BCUT2D eigenvalue weighted by molar-refractivity contribution is -0.117. The summed E-state index contributed by atoms with van der Waals surface area (Å²) in [5.74, 6) is 2.24. The first kappa shape index (κ1) is 18.6. The van der Waals surface area contributed by atoms with E-state index in [1.807, 2.05) is 30.3 Å². The number of carbonyl (C=O) groups excluding carboxylic acids is 1. The highest BCUT2D eigenvalue weighted by Crippen LogP contribution is 2.37. The highest BCUT2D eigenvalue weighted by molar-refractivity contribution is 5.93. The first-order valence-electron chi connectivity index (χ1n) is 9.81. The zero-order valence-electron chi connectivity index (χ0n) is 16.1. The molecule has 0 radical (unpaired) electrons. The van der Waals surface area contributed by atoms with Crippen LogP contribution in [0.25, 0.3) is 0 Å². The van der Waals surface area contributed by atoms with Gasteiger partial charge < -0.3 is 19.5 Å². The number of fused-ring (bicyclic) bond motifs is 1. The predicted octanol–water partition coefficient (Wildman–Crippen LogP) is 3.63. The summed E-state index contributed by atoms with van der Waals surface area (Å²) in [7, 11) is 1.60. The summed E-state index contributed by atoms with van der Waals surface area (Å²) in [4.78, 5) is 14.9. The van der Waals surface area contributed by atoms with Gasteiger partial charge in [-0.25, -0.2) is 0 Å². The minimum atomic E-state index is -0.0363. The number of likely N-dealkylation sites (tertiary alicyclic amines) is 1. The topological polar surface area (TPSA) is 60.0 Å². The third kappa shape index (κ3) is 4.07. The van der Waals surface area contributed by atoms with Gasteiger partial charge in [-0.1, -0.05) is 18.2 Å². The first-order chi connectivity index (χ1) is 13.7. The van der Waals surface area contributed by atoms with Gasteiger partial charge in [-0.05, 0) is 49.2 Å². The van der Waals surface area contributed by atoms with Crippen molar-refractivity contribution in [3.63, 3.8) is 0 Å². The van der Waals surface area contributed by atoms with Crippen molar-refractivity contribution in [3.05, 3.63) is 48.0 Å². The number of hydrogen-bond acceptors (Lipinski definition) is 5. The molecule has 6 heteroatoms. The minimum Gasteiger partial charge on any atom is -0.495 e. The fraction of sp³-hybridized carbons (Fsp3) is 0.409. The number of para-hydroxylation sites is 2. The number of ether oxygens (including phenoxy) is 3. The van der Waals surface area contributed by atoms with Crippen molar-refractivity contribution < 1.29 is 19.0 Å². The molecule has 1 fully saturated rings. The fourth-order valence-corrected chi connectivity index (χ4v) is 3.90. The van der Waals surface area contributed by atoms with Crippen molar-refractivity contribution in [2.24, 2.45) is 0 Å². The Bertz CT molecular complexity index is 839. The Labute approximate surface area is 165 Å². The van der Waals surface area contributed by atoms with Crippen LogP contribution < -0.4 is 19.5 Å². The Kier molecular flexibility index (Phi) is 5.67. The van der Waals surface area contributed by atoms with E-state index in [0.29, 0.717) is 31.2 Å². The molecule has 1 N–H and O–H groups in total. The van der Waals surface area contributed by atoms with Crippen molar-refractivity contribution in [2.45, 2.75) is 25.3 Å². The zero-order valence-corrected chi connectivity index (χ0v) is 16.1. The summed E-state index contributed by atoms with van der Waals surface area (Å²) in [5, 5.41) is 2.97. The highest BCUT2D eigenvalue weighted by Gasteiger charge is 2.28. The molecule has 0 saturated carbocycles. The van der Waals surface area contributed by atoms with Gasteiger partial charge in [-0.3, -0.25) is 9.69 Å². The summed E-state index contributed by atoms with van der Waals surface area (Å²) in [5.41, 5.74) is 1.87. The summed E-state index contributed by atoms with van der Waals surface area (Å²) in [6.07, 6.45) is 2.99. The van der Waals surface area contributed by atoms with E-state index in [1.165, 1.54) is 5.56 Å². The van der Waals surface area contributed by atoms with Crippen molar-refractivity contribution >= 4 is 11.6 Å². The molecule has 1 amide bonds. The van der Waals surface area contributed by atoms with E-state index in [4.69, 9.17) is 14.2 Å². The maximum atomic E-state index is 12.6. The van der Waals surface area contributed by atoms with E-state index in [9.17, 15) is 4.79 Å². The number of hydrogen-bond donors (Lipinski definition) is 1. The lowest BCUT2D eigenvalue weighted by Crippen LogP contribution is -2.33. The number of carbonyl (C=O) groups is 1. The average Bonchev–Trinajstić information content (AvgIpc) is 3.03. The summed E-state index contributed by atoms with van der Waals surface area (Å²) < 4.78 is 16.9. The molecule has 0 bridgehead atoms. The molecule has 1 unspecified atom stereocenters. The van der Waals surface area contributed by atoms with Gasteiger partial charge in [0, 0.05) is 12.5 Å². The molecule has 0 aromatic heterocycles. The van der Waals surface area contributed by atoms with Crippen LogP contribution in [0.2, 0.25) is 0 Å². The molecule has 28 heavy (non-hydrogen) atoms. The second-order valence-corrected chi connectivity index (χ2v) is 7.13.